The third-order valence-corrected chi connectivity index (χ3v) is 3.84. The van der Waals surface area contributed by atoms with Crippen molar-refractivity contribution in [3.63, 3.8) is 0 Å². The van der Waals surface area contributed by atoms with Gasteiger partial charge in [0.25, 0.3) is 0 Å². The van der Waals surface area contributed by atoms with Crippen molar-refractivity contribution >= 4 is 17.3 Å². The molecule has 0 aromatic carbocycles. The predicted octanol–water partition coefficient (Wildman–Crippen LogP) is 2.62. The van der Waals surface area contributed by atoms with Crippen LogP contribution in [0.2, 0.25) is 0 Å². The second-order valence-corrected chi connectivity index (χ2v) is 5.55. The fraction of sp³-hybridized carbons (Fsp3) is 0.286. The minimum Gasteiger partial charge on any atom is -0.481 e. The molecule has 0 saturated carbocycles. The van der Waals surface area contributed by atoms with Crippen LogP contribution < -0.4 is 5.32 Å². The summed E-state index contributed by atoms with van der Waals surface area (Å²) in [6, 6.07) is 9.88. The zero-order chi connectivity index (χ0) is 13.7. The van der Waals surface area contributed by atoms with Gasteiger partial charge in [0, 0.05) is 28.5 Å². The number of rotatable bonds is 6. The number of carboxylic acid groups (broad SMARTS) is 1. The molecule has 0 spiro atoms. The van der Waals surface area contributed by atoms with Gasteiger partial charge in [-0.15, -0.1) is 11.3 Å². The van der Waals surface area contributed by atoms with Gasteiger partial charge in [0.05, 0.1) is 12.1 Å². The minimum absolute atomic E-state index is 0.0977. The molecular weight excluding hydrogens is 260 g/mol. The van der Waals surface area contributed by atoms with Crippen LogP contribution in [0, 0.1) is 0 Å². The van der Waals surface area contributed by atoms with E-state index in [2.05, 4.69) is 17.2 Å². The SMILES string of the molecule is CC(NCc1ccc(CC(=O)O)s1)c1ccccn1. The van der Waals surface area contributed by atoms with Crippen LogP contribution in [0.4, 0.5) is 0 Å². The third-order valence-electron chi connectivity index (χ3n) is 2.76. The first-order chi connectivity index (χ1) is 9.15. The Kier molecular flexibility index (Phi) is 4.65. The summed E-state index contributed by atoms with van der Waals surface area (Å²) in [5.74, 6) is -0.789. The van der Waals surface area contributed by atoms with Crippen molar-refractivity contribution in [3.8, 4) is 0 Å². The number of nitrogens with zero attached hydrogens (tertiary/aromatic N) is 1. The number of hydrogen-bond acceptors (Lipinski definition) is 4. The smallest absolute Gasteiger partial charge is 0.308 e. The molecule has 0 radical (unpaired) electrons. The topological polar surface area (TPSA) is 62.2 Å². The van der Waals surface area contributed by atoms with E-state index < -0.39 is 5.97 Å². The first-order valence-electron chi connectivity index (χ1n) is 6.09. The number of aromatic nitrogens is 1. The number of carbonyl (C=O) groups is 1. The van der Waals surface area contributed by atoms with E-state index in [1.54, 1.807) is 6.20 Å². The van der Waals surface area contributed by atoms with Gasteiger partial charge in [-0.1, -0.05) is 6.07 Å². The Morgan fingerprint density at radius 2 is 2.16 bits per heavy atom. The van der Waals surface area contributed by atoms with Gasteiger partial charge in [-0.3, -0.25) is 9.78 Å². The van der Waals surface area contributed by atoms with Gasteiger partial charge in [-0.05, 0) is 31.2 Å². The highest BCUT2D eigenvalue weighted by atomic mass is 32.1. The first-order valence-corrected chi connectivity index (χ1v) is 6.90. The Hall–Kier alpha value is -1.72. The Morgan fingerprint density at radius 3 is 2.84 bits per heavy atom. The number of pyridine rings is 1. The molecule has 2 rings (SSSR count). The molecule has 1 unspecified atom stereocenters. The van der Waals surface area contributed by atoms with Crippen LogP contribution in [0.5, 0.6) is 0 Å². The highest BCUT2D eigenvalue weighted by molar-refractivity contribution is 7.12. The fourth-order valence-corrected chi connectivity index (χ4v) is 2.71. The zero-order valence-corrected chi connectivity index (χ0v) is 11.5. The van der Waals surface area contributed by atoms with Crippen molar-refractivity contribution in [1.29, 1.82) is 0 Å². The number of thiophene rings is 1. The molecule has 2 aromatic heterocycles. The summed E-state index contributed by atoms with van der Waals surface area (Å²) in [6.45, 7) is 2.79. The van der Waals surface area contributed by atoms with Crippen LogP contribution in [-0.4, -0.2) is 16.1 Å². The van der Waals surface area contributed by atoms with E-state index in [4.69, 9.17) is 5.11 Å². The Labute approximate surface area is 116 Å². The van der Waals surface area contributed by atoms with Crippen LogP contribution in [0.25, 0.3) is 0 Å². The van der Waals surface area contributed by atoms with Gasteiger partial charge in [-0.25, -0.2) is 0 Å². The summed E-state index contributed by atoms with van der Waals surface area (Å²) in [6.07, 6.45) is 1.88. The second kappa shape index (κ2) is 6.45. The molecule has 100 valence electrons. The van der Waals surface area contributed by atoms with Crippen molar-refractivity contribution in [1.82, 2.24) is 10.3 Å². The minimum atomic E-state index is -0.789. The quantitative estimate of drug-likeness (QED) is 0.851. The molecule has 0 amide bonds. The highest BCUT2D eigenvalue weighted by Gasteiger charge is 2.08. The van der Waals surface area contributed by atoms with E-state index in [1.165, 1.54) is 11.3 Å². The Bertz CT molecular complexity index is 539. The summed E-state index contributed by atoms with van der Waals surface area (Å²) in [7, 11) is 0. The molecule has 4 nitrogen and oxygen atoms in total. The van der Waals surface area contributed by atoms with Crippen molar-refractivity contribution in [2.75, 3.05) is 0 Å². The normalized spacial score (nSPS) is 12.3. The number of aliphatic carboxylic acids is 1. The molecule has 5 heteroatoms. The molecule has 2 heterocycles. The van der Waals surface area contributed by atoms with E-state index in [0.717, 1.165) is 22.0 Å². The summed E-state index contributed by atoms with van der Waals surface area (Å²) < 4.78 is 0. The summed E-state index contributed by atoms with van der Waals surface area (Å²) in [5, 5.41) is 12.1. The van der Waals surface area contributed by atoms with E-state index in [9.17, 15) is 4.79 Å². The van der Waals surface area contributed by atoms with Crippen LogP contribution in [-0.2, 0) is 17.8 Å². The number of hydrogen-bond donors (Lipinski definition) is 2. The maximum absolute atomic E-state index is 10.6. The number of nitrogens with one attached hydrogen (secondary N) is 1. The van der Waals surface area contributed by atoms with Crippen molar-refractivity contribution in [2.24, 2.45) is 0 Å². The zero-order valence-electron chi connectivity index (χ0n) is 10.7. The van der Waals surface area contributed by atoms with E-state index in [-0.39, 0.29) is 12.5 Å². The average Bonchev–Trinajstić information content (AvgIpc) is 2.84. The van der Waals surface area contributed by atoms with Gasteiger partial charge in [0.15, 0.2) is 0 Å². The first kappa shape index (κ1) is 13.7. The third kappa shape index (κ3) is 4.15. The average molecular weight is 276 g/mol. The van der Waals surface area contributed by atoms with Crippen molar-refractivity contribution < 1.29 is 9.90 Å². The largest absolute Gasteiger partial charge is 0.481 e. The van der Waals surface area contributed by atoms with Gasteiger partial charge < -0.3 is 10.4 Å². The van der Waals surface area contributed by atoms with Crippen molar-refractivity contribution in [2.45, 2.75) is 25.9 Å². The molecule has 0 aliphatic carbocycles. The summed E-state index contributed by atoms with van der Waals surface area (Å²) >= 11 is 1.53. The molecule has 0 bridgehead atoms. The molecule has 0 saturated heterocycles. The fourth-order valence-electron chi connectivity index (χ4n) is 1.75. The molecule has 0 aliphatic heterocycles. The summed E-state index contributed by atoms with van der Waals surface area (Å²) in [4.78, 5) is 16.9. The van der Waals surface area contributed by atoms with E-state index >= 15 is 0 Å². The van der Waals surface area contributed by atoms with E-state index in [1.807, 2.05) is 30.3 Å². The maximum atomic E-state index is 10.6. The van der Waals surface area contributed by atoms with Crippen LogP contribution in [0.3, 0.4) is 0 Å². The molecule has 0 aliphatic rings. The Morgan fingerprint density at radius 1 is 1.37 bits per heavy atom. The van der Waals surface area contributed by atoms with Crippen molar-refractivity contribution in [3.05, 3.63) is 52.0 Å². The molecule has 2 N–H and O–H groups in total. The molecule has 19 heavy (non-hydrogen) atoms. The van der Waals surface area contributed by atoms with E-state index in [0.29, 0.717) is 0 Å². The van der Waals surface area contributed by atoms with Crippen LogP contribution >= 0.6 is 11.3 Å². The Balaban J connectivity index is 1.88. The predicted molar refractivity (Wildman–Crippen MR) is 75.2 cm³/mol. The maximum Gasteiger partial charge on any atom is 0.308 e. The van der Waals surface area contributed by atoms with Gasteiger partial charge >= 0.3 is 5.97 Å². The molecular formula is C14H16N2O2S. The lowest BCUT2D eigenvalue weighted by molar-refractivity contribution is -0.136. The lowest BCUT2D eigenvalue weighted by Crippen LogP contribution is -2.18. The van der Waals surface area contributed by atoms with Gasteiger partial charge in [0.2, 0.25) is 0 Å². The molecule has 1 atom stereocenters. The second-order valence-electron chi connectivity index (χ2n) is 4.30. The monoisotopic (exact) mass is 276 g/mol. The highest BCUT2D eigenvalue weighted by Crippen LogP contribution is 2.18. The van der Waals surface area contributed by atoms with Gasteiger partial charge in [-0.2, -0.15) is 0 Å². The standard InChI is InChI=1S/C14H16N2O2S/c1-10(13-4-2-3-7-15-13)16-9-12-6-5-11(19-12)8-14(17)18/h2-7,10,16H,8-9H2,1H3,(H,17,18). The lowest BCUT2D eigenvalue weighted by Gasteiger charge is -2.12. The summed E-state index contributed by atoms with van der Waals surface area (Å²) in [5.41, 5.74) is 1.00. The number of carboxylic acids is 1. The molecule has 0 fully saturated rings. The molecule has 2 aromatic rings. The lowest BCUT2D eigenvalue weighted by atomic mass is 10.2. The van der Waals surface area contributed by atoms with Crippen LogP contribution in [0.15, 0.2) is 36.5 Å². The van der Waals surface area contributed by atoms with Crippen LogP contribution in [0.1, 0.15) is 28.4 Å². The van der Waals surface area contributed by atoms with Gasteiger partial charge in [0.1, 0.15) is 0 Å².